The quantitative estimate of drug-likeness (QED) is 0.517. The van der Waals surface area contributed by atoms with E-state index in [0.29, 0.717) is 0 Å². The zero-order chi connectivity index (χ0) is 22.9. The second kappa shape index (κ2) is 7.39. The fraction of sp³-hybridized carbons (Fsp3) is 0.846. The van der Waals surface area contributed by atoms with Crippen molar-refractivity contribution < 1.29 is 20.1 Å². The van der Waals surface area contributed by atoms with Gasteiger partial charge in [0.15, 0.2) is 0 Å². The molecule has 0 aromatic carbocycles. The van der Waals surface area contributed by atoms with Crippen molar-refractivity contribution in [2.24, 2.45) is 22.2 Å². The number of hydrogen-bond acceptors (Lipinski definition) is 5. The van der Waals surface area contributed by atoms with Crippen LogP contribution in [0.1, 0.15) is 73.1 Å². The van der Waals surface area contributed by atoms with Crippen molar-refractivity contribution in [3.05, 3.63) is 23.3 Å². The summed E-state index contributed by atoms with van der Waals surface area (Å²) in [7, 11) is 1.73. The van der Waals surface area contributed by atoms with E-state index in [9.17, 15) is 15.3 Å². The molecule has 5 aliphatic rings. The molecule has 31 heavy (non-hydrogen) atoms. The van der Waals surface area contributed by atoms with Gasteiger partial charge in [-0.3, -0.25) is 0 Å². The molecule has 5 nitrogen and oxygen atoms in total. The van der Waals surface area contributed by atoms with E-state index in [1.165, 1.54) is 11.1 Å². The average molecular weight is 434 g/mol. The first kappa shape index (κ1) is 23.4. The Morgan fingerprint density at radius 3 is 2.55 bits per heavy atom. The molecule has 0 unspecified atom stereocenters. The van der Waals surface area contributed by atoms with E-state index in [2.05, 4.69) is 33.0 Å². The van der Waals surface area contributed by atoms with Gasteiger partial charge in [0, 0.05) is 24.5 Å². The van der Waals surface area contributed by atoms with E-state index in [1.807, 2.05) is 13.0 Å². The fourth-order valence-corrected chi connectivity index (χ4v) is 8.25. The molecule has 0 aromatic rings. The third-order valence-electron chi connectivity index (χ3n) is 10.8. The molecule has 4 fully saturated rings. The molecule has 176 valence electrons. The molecule has 5 heteroatoms. The average Bonchev–Trinajstić information content (AvgIpc) is 2.75. The lowest BCUT2D eigenvalue weighted by atomic mass is 9.33. The second-order valence-corrected chi connectivity index (χ2v) is 11.5. The predicted octanol–water partition coefficient (Wildman–Crippen LogP) is 3.34. The molecule has 4 bridgehead atoms. The van der Waals surface area contributed by atoms with Crippen LogP contribution in [0.25, 0.3) is 0 Å². The summed E-state index contributed by atoms with van der Waals surface area (Å²) in [6.07, 6.45) is 8.48. The number of fused-ring (bicyclic) bond motifs is 2. The predicted molar refractivity (Wildman–Crippen MR) is 123 cm³/mol. The number of allylic oxidation sites excluding steroid dienone is 1. The summed E-state index contributed by atoms with van der Waals surface area (Å²) in [4.78, 5) is 0. The van der Waals surface area contributed by atoms with Crippen LogP contribution in [0.4, 0.5) is 0 Å². The van der Waals surface area contributed by atoms with Crippen molar-refractivity contribution in [2.45, 2.75) is 96.5 Å². The van der Waals surface area contributed by atoms with E-state index in [4.69, 9.17) is 4.74 Å². The molecule has 1 heterocycles. The summed E-state index contributed by atoms with van der Waals surface area (Å²) < 4.78 is 6.30. The molecular formula is C26H43NO4. The highest BCUT2D eigenvalue weighted by molar-refractivity contribution is 5.44. The smallest absolute Gasteiger partial charge is 0.100 e. The van der Waals surface area contributed by atoms with Gasteiger partial charge >= 0.3 is 0 Å². The molecule has 5 rings (SSSR count). The maximum atomic E-state index is 12.3. The Labute approximate surface area is 188 Å². The van der Waals surface area contributed by atoms with Crippen LogP contribution in [-0.4, -0.2) is 58.9 Å². The third-order valence-corrected chi connectivity index (χ3v) is 10.8. The van der Waals surface area contributed by atoms with E-state index in [0.717, 1.165) is 45.1 Å². The van der Waals surface area contributed by atoms with Crippen LogP contribution in [0.5, 0.6) is 0 Å². The van der Waals surface area contributed by atoms with Gasteiger partial charge in [0.2, 0.25) is 0 Å². The highest BCUT2D eigenvalue weighted by Gasteiger charge is 2.78. The molecule has 1 saturated heterocycles. The lowest BCUT2D eigenvalue weighted by Gasteiger charge is -2.76. The van der Waals surface area contributed by atoms with Crippen LogP contribution in [0.15, 0.2) is 23.3 Å². The molecule has 4 aliphatic carbocycles. The molecule has 0 aromatic heterocycles. The van der Waals surface area contributed by atoms with Crippen LogP contribution in [0.2, 0.25) is 0 Å². The van der Waals surface area contributed by atoms with Crippen LogP contribution >= 0.6 is 0 Å². The number of hydrogen-bond donors (Lipinski definition) is 4. The Balaban J connectivity index is 1.92. The largest absolute Gasteiger partial charge is 0.392 e. The van der Waals surface area contributed by atoms with Gasteiger partial charge in [-0.05, 0) is 75.3 Å². The van der Waals surface area contributed by atoms with Gasteiger partial charge in [0.1, 0.15) is 5.60 Å². The van der Waals surface area contributed by atoms with Gasteiger partial charge in [0.25, 0.3) is 0 Å². The van der Waals surface area contributed by atoms with Crippen molar-refractivity contribution in [3.63, 3.8) is 0 Å². The Hall–Kier alpha value is -0.720. The maximum absolute atomic E-state index is 12.3. The van der Waals surface area contributed by atoms with Crippen LogP contribution < -0.4 is 5.32 Å². The van der Waals surface area contributed by atoms with Gasteiger partial charge in [-0.15, -0.1) is 0 Å². The zero-order valence-electron chi connectivity index (χ0n) is 20.3. The molecule has 1 aliphatic heterocycles. The van der Waals surface area contributed by atoms with Crippen molar-refractivity contribution in [3.8, 4) is 0 Å². The summed E-state index contributed by atoms with van der Waals surface area (Å²) in [5.41, 5.74) is 0.0305. The van der Waals surface area contributed by atoms with Crippen molar-refractivity contribution in [1.29, 1.82) is 0 Å². The number of piperidine rings is 1. The maximum Gasteiger partial charge on any atom is 0.100 e. The SMILES string of the molecule is CCC(C)(C)[C@@](C)(O)[C@H]1C[C@@]23CC[C@@]1(OC)[C@H](O)[C@@]21CCN[C@@H]3CC(/C=C\CO)=C1C. The number of methoxy groups -OCH3 is 1. The van der Waals surface area contributed by atoms with E-state index in [1.54, 1.807) is 13.2 Å². The highest BCUT2D eigenvalue weighted by Crippen LogP contribution is 2.75. The van der Waals surface area contributed by atoms with Gasteiger partial charge in [-0.1, -0.05) is 38.5 Å². The van der Waals surface area contributed by atoms with Crippen molar-refractivity contribution in [1.82, 2.24) is 5.32 Å². The minimum absolute atomic E-state index is 0.0224. The molecule has 0 amide bonds. The Morgan fingerprint density at radius 2 is 1.94 bits per heavy atom. The number of aliphatic hydroxyl groups excluding tert-OH is 2. The minimum atomic E-state index is -0.962. The number of ether oxygens (including phenoxy) is 1. The third kappa shape index (κ3) is 2.67. The summed E-state index contributed by atoms with van der Waals surface area (Å²) in [5, 5.41) is 37.4. The van der Waals surface area contributed by atoms with Crippen LogP contribution in [-0.2, 0) is 4.74 Å². The highest BCUT2D eigenvalue weighted by atomic mass is 16.5. The number of rotatable bonds is 6. The molecule has 0 radical (unpaired) electrons. The first-order valence-corrected chi connectivity index (χ1v) is 12.2. The molecule has 4 N–H and O–H groups in total. The lowest BCUT2D eigenvalue weighted by Crippen LogP contribution is -2.81. The second-order valence-electron chi connectivity index (χ2n) is 11.5. The van der Waals surface area contributed by atoms with Crippen LogP contribution in [0.3, 0.4) is 0 Å². The minimum Gasteiger partial charge on any atom is -0.392 e. The molecule has 3 saturated carbocycles. The summed E-state index contributed by atoms with van der Waals surface area (Å²) >= 11 is 0. The van der Waals surface area contributed by atoms with E-state index >= 15 is 0 Å². The zero-order valence-corrected chi connectivity index (χ0v) is 20.3. The van der Waals surface area contributed by atoms with Gasteiger partial charge in [-0.25, -0.2) is 0 Å². The Bertz CT molecular complexity index is 786. The Kier molecular flexibility index (Phi) is 5.59. The molecular weight excluding hydrogens is 390 g/mol. The van der Waals surface area contributed by atoms with E-state index in [-0.39, 0.29) is 34.8 Å². The summed E-state index contributed by atoms with van der Waals surface area (Å²) in [6.45, 7) is 11.5. The summed E-state index contributed by atoms with van der Waals surface area (Å²) in [5.74, 6) is -0.137. The number of aliphatic hydroxyl groups is 3. The topological polar surface area (TPSA) is 82.0 Å². The Morgan fingerprint density at radius 1 is 1.23 bits per heavy atom. The van der Waals surface area contributed by atoms with Gasteiger partial charge in [-0.2, -0.15) is 0 Å². The van der Waals surface area contributed by atoms with E-state index < -0.39 is 17.3 Å². The van der Waals surface area contributed by atoms with Crippen LogP contribution in [0, 0.1) is 22.2 Å². The first-order chi connectivity index (χ1) is 14.5. The summed E-state index contributed by atoms with van der Waals surface area (Å²) in [6, 6.07) is 0.260. The molecule has 7 atom stereocenters. The monoisotopic (exact) mass is 433 g/mol. The first-order valence-electron chi connectivity index (χ1n) is 12.2. The standard InChI is InChI=1S/C26H43NO4/c1-7-22(3,4)23(5,30)19-16-24-10-11-26(19,31-6)21(29)25(24)12-13-27-20(24)15-18(17(25)2)9-8-14-28/h8-9,19-21,27-30H,7,10-16H2,1-6H3/b9-8-/t19-,20-,21-,23+,24-,25+,26+/m1/s1. The van der Waals surface area contributed by atoms with Crippen molar-refractivity contribution >= 4 is 0 Å². The van der Waals surface area contributed by atoms with Gasteiger partial charge < -0.3 is 25.4 Å². The van der Waals surface area contributed by atoms with Gasteiger partial charge in [0.05, 0.1) is 18.3 Å². The fourth-order valence-electron chi connectivity index (χ4n) is 8.25. The lowest BCUT2D eigenvalue weighted by molar-refractivity contribution is -0.330. The number of nitrogens with one attached hydrogen (secondary N) is 1. The van der Waals surface area contributed by atoms with Crippen molar-refractivity contribution in [2.75, 3.05) is 20.3 Å². The molecule has 1 spiro atoms. The normalized spacial score (nSPS) is 44.5.